The van der Waals surface area contributed by atoms with Gasteiger partial charge in [-0.2, -0.15) is 15.1 Å². The van der Waals surface area contributed by atoms with Crippen LogP contribution in [0.1, 0.15) is 0 Å². The van der Waals surface area contributed by atoms with E-state index in [4.69, 9.17) is 9.97 Å². The van der Waals surface area contributed by atoms with Gasteiger partial charge in [-0.3, -0.25) is 4.90 Å². The monoisotopic (exact) mass is 415 g/mol. The Kier molecular flexibility index (Phi) is 5.47. The van der Waals surface area contributed by atoms with E-state index in [0.717, 1.165) is 54.4 Å². The lowest BCUT2D eigenvalue weighted by Crippen LogP contribution is -2.47. The lowest BCUT2D eigenvalue weighted by atomic mass is 10.3. The van der Waals surface area contributed by atoms with Crippen LogP contribution in [0.5, 0.6) is 0 Å². The second-order valence-electron chi connectivity index (χ2n) is 7.54. The van der Waals surface area contributed by atoms with Crippen molar-refractivity contribution in [3.8, 4) is 5.69 Å². The lowest BCUT2D eigenvalue weighted by Gasteiger charge is -2.34. The fourth-order valence-electron chi connectivity index (χ4n) is 3.86. The Labute approximate surface area is 180 Å². The summed E-state index contributed by atoms with van der Waals surface area (Å²) in [6, 6.07) is 20.0. The molecule has 8 nitrogen and oxygen atoms in total. The number of hydrogen-bond acceptors (Lipinski definition) is 7. The van der Waals surface area contributed by atoms with Crippen LogP contribution in [0.25, 0.3) is 16.7 Å². The Bertz CT molecular complexity index is 1140. The van der Waals surface area contributed by atoms with Crippen molar-refractivity contribution in [2.75, 3.05) is 49.5 Å². The normalized spacial score (nSPS) is 14.8. The molecule has 0 saturated carbocycles. The molecule has 8 heteroatoms. The summed E-state index contributed by atoms with van der Waals surface area (Å²) in [5, 5.41) is 18.1. The maximum atomic E-state index is 9.21. The zero-order valence-electron chi connectivity index (χ0n) is 17.2. The van der Waals surface area contributed by atoms with E-state index in [1.807, 2.05) is 71.5 Å². The number of hydrogen-bond donors (Lipinski definition) is 2. The van der Waals surface area contributed by atoms with Crippen LogP contribution in [0.3, 0.4) is 0 Å². The van der Waals surface area contributed by atoms with Crippen LogP contribution >= 0.6 is 0 Å². The van der Waals surface area contributed by atoms with Crippen molar-refractivity contribution < 1.29 is 5.11 Å². The molecule has 1 aliphatic heterocycles. The van der Waals surface area contributed by atoms with E-state index in [0.29, 0.717) is 12.5 Å². The van der Waals surface area contributed by atoms with E-state index in [1.165, 1.54) is 0 Å². The maximum absolute atomic E-state index is 9.21. The van der Waals surface area contributed by atoms with Gasteiger partial charge in [0.1, 0.15) is 5.82 Å². The van der Waals surface area contributed by atoms with Gasteiger partial charge in [-0.05, 0) is 24.3 Å². The third-order valence-electron chi connectivity index (χ3n) is 5.53. The highest BCUT2D eigenvalue weighted by Gasteiger charge is 2.22. The summed E-state index contributed by atoms with van der Waals surface area (Å²) in [7, 11) is 0. The Morgan fingerprint density at radius 1 is 0.871 bits per heavy atom. The average molecular weight is 416 g/mol. The van der Waals surface area contributed by atoms with Crippen LogP contribution in [0, 0.1) is 0 Å². The number of piperazine rings is 1. The van der Waals surface area contributed by atoms with E-state index in [1.54, 1.807) is 0 Å². The fraction of sp³-hybridized carbons (Fsp3) is 0.261. The Hall–Kier alpha value is -3.49. The average Bonchev–Trinajstić information content (AvgIpc) is 3.25. The standard InChI is InChI=1S/C23H25N7O/c31-16-15-28-11-13-29(14-12-28)23-26-21(25-18-7-3-1-4-8-18)20-17-24-30(22(20)27-23)19-9-5-2-6-10-19/h1-10,17,31H,11-16H2,(H,25,26,27). The minimum Gasteiger partial charge on any atom is -0.395 e. The molecule has 0 unspecified atom stereocenters. The number of β-amino-alcohol motifs (C(OH)–C–C–N with tert-alkyl or cyclic N) is 1. The van der Waals surface area contributed by atoms with E-state index >= 15 is 0 Å². The van der Waals surface area contributed by atoms with Gasteiger partial charge in [-0.1, -0.05) is 36.4 Å². The van der Waals surface area contributed by atoms with Gasteiger partial charge < -0.3 is 15.3 Å². The van der Waals surface area contributed by atoms with E-state index in [9.17, 15) is 5.11 Å². The first-order valence-corrected chi connectivity index (χ1v) is 10.5. The number of rotatable bonds is 6. The largest absolute Gasteiger partial charge is 0.395 e. The van der Waals surface area contributed by atoms with Crippen molar-refractivity contribution in [2.24, 2.45) is 0 Å². The number of aromatic nitrogens is 4. The van der Waals surface area contributed by atoms with Gasteiger partial charge >= 0.3 is 0 Å². The van der Waals surface area contributed by atoms with Crippen molar-refractivity contribution in [1.82, 2.24) is 24.6 Å². The molecule has 3 heterocycles. The molecule has 4 aromatic rings. The first-order chi connectivity index (χ1) is 15.3. The summed E-state index contributed by atoms with van der Waals surface area (Å²) >= 11 is 0. The first kappa shape index (κ1) is 19.5. The summed E-state index contributed by atoms with van der Waals surface area (Å²) in [4.78, 5) is 14.3. The number of para-hydroxylation sites is 2. The van der Waals surface area contributed by atoms with Crippen molar-refractivity contribution in [2.45, 2.75) is 0 Å². The third-order valence-corrected chi connectivity index (χ3v) is 5.53. The summed E-state index contributed by atoms with van der Waals surface area (Å²) in [6.45, 7) is 4.27. The fourth-order valence-corrected chi connectivity index (χ4v) is 3.86. The Morgan fingerprint density at radius 2 is 1.58 bits per heavy atom. The Morgan fingerprint density at radius 3 is 2.29 bits per heavy atom. The second kappa shape index (κ2) is 8.71. The van der Waals surface area contributed by atoms with E-state index in [-0.39, 0.29) is 6.61 Å². The first-order valence-electron chi connectivity index (χ1n) is 10.5. The number of benzene rings is 2. The molecule has 0 aliphatic carbocycles. The topological polar surface area (TPSA) is 82.3 Å². The van der Waals surface area contributed by atoms with E-state index < -0.39 is 0 Å². The molecule has 0 spiro atoms. The number of nitrogens with zero attached hydrogens (tertiary/aromatic N) is 6. The highest BCUT2D eigenvalue weighted by molar-refractivity contribution is 5.90. The van der Waals surface area contributed by atoms with Crippen LogP contribution in [0.4, 0.5) is 17.5 Å². The Balaban J connectivity index is 1.55. The van der Waals surface area contributed by atoms with Gasteiger partial charge in [0.05, 0.1) is 23.9 Å². The summed E-state index contributed by atoms with van der Waals surface area (Å²) < 4.78 is 1.86. The molecular formula is C23H25N7O. The van der Waals surface area contributed by atoms with Crippen molar-refractivity contribution in [1.29, 1.82) is 0 Å². The minimum absolute atomic E-state index is 0.184. The molecule has 2 aromatic carbocycles. The SMILES string of the molecule is OCCN1CCN(c2nc(Nc3ccccc3)c3cnn(-c4ccccc4)c3n2)CC1. The number of nitrogens with one attached hydrogen (secondary N) is 1. The van der Waals surface area contributed by atoms with Crippen LogP contribution in [0.15, 0.2) is 66.9 Å². The second-order valence-corrected chi connectivity index (χ2v) is 7.54. The molecule has 0 radical (unpaired) electrons. The number of anilines is 3. The number of aliphatic hydroxyl groups is 1. The van der Waals surface area contributed by atoms with Crippen LogP contribution < -0.4 is 10.2 Å². The lowest BCUT2D eigenvalue weighted by molar-refractivity contribution is 0.188. The highest BCUT2D eigenvalue weighted by Crippen LogP contribution is 2.28. The molecule has 5 rings (SSSR count). The number of aliphatic hydroxyl groups excluding tert-OH is 1. The predicted octanol–water partition coefficient (Wildman–Crippen LogP) is 2.67. The minimum atomic E-state index is 0.184. The molecule has 2 N–H and O–H groups in total. The van der Waals surface area contributed by atoms with Gasteiger partial charge in [0.25, 0.3) is 0 Å². The van der Waals surface area contributed by atoms with Crippen molar-refractivity contribution in [3.63, 3.8) is 0 Å². The molecule has 158 valence electrons. The van der Waals surface area contributed by atoms with Gasteiger partial charge in [-0.25, -0.2) is 4.68 Å². The molecule has 0 atom stereocenters. The van der Waals surface area contributed by atoms with Crippen molar-refractivity contribution >= 4 is 28.5 Å². The van der Waals surface area contributed by atoms with Gasteiger partial charge in [0.15, 0.2) is 5.65 Å². The van der Waals surface area contributed by atoms with Gasteiger partial charge in [0, 0.05) is 38.4 Å². The third kappa shape index (κ3) is 4.08. The molecule has 1 aliphatic rings. The smallest absolute Gasteiger partial charge is 0.229 e. The van der Waals surface area contributed by atoms with Gasteiger partial charge in [0.2, 0.25) is 5.95 Å². The molecule has 1 fully saturated rings. The molecule has 0 bridgehead atoms. The molecule has 2 aromatic heterocycles. The van der Waals surface area contributed by atoms with Crippen LogP contribution in [-0.4, -0.2) is 69.1 Å². The van der Waals surface area contributed by atoms with Crippen LogP contribution in [0.2, 0.25) is 0 Å². The van der Waals surface area contributed by atoms with Gasteiger partial charge in [-0.15, -0.1) is 0 Å². The molecular weight excluding hydrogens is 390 g/mol. The quantitative estimate of drug-likeness (QED) is 0.501. The zero-order valence-corrected chi connectivity index (χ0v) is 17.2. The summed E-state index contributed by atoms with van der Waals surface area (Å²) in [6.07, 6.45) is 1.82. The predicted molar refractivity (Wildman–Crippen MR) is 122 cm³/mol. The zero-order chi connectivity index (χ0) is 21.0. The molecule has 1 saturated heterocycles. The number of fused-ring (bicyclic) bond motifs is 1. The molecule has 0 amide bonds. The molecule has 31 heavy (non-hydrogen) atoms. The maximum Gasteiger partial charge on any atom is 0.229 e. The highest BCUT2D eigenvalue weighted by atomic mass is 16.3. The van der Waals surface area contributed by atoms with E-state index in [2.05, 4.69) is 20.2 Å². The summed E-state index contributed by atoms with van der Waals surface area (Å²) in [5.41, 5.74) is 2.70. The summed E-state index contributed by atoms with van der Waals surface area (Å²) in [5.74, 6) is 1.43. The van der Waals surface area contributed by atoms with Crippen molar-refractivity contribution in [3.05, 3.63) is 66.9 Å². The van der Waals surface area contributed by atoms with Crippen LogP contribution in [-0.2, 0) is 0 Å².